The first-order valence-corrected chi connectivity index (χ1v) is 7.91. The average Bonchev–Trinajstić information content (AvgIpc) is 2.62. The van der Waals surface area contributed by atoms with Crippen LogP contribution in [0.25, 0.3) is 0 Å². The normalized spacial score (nSPS) is 6.57. The monoisotopic (exact) mass is 325 g/mol. The van der Waals surface area contributed by atoms with Gasteiger partial charge in [0.15, 0.2) is 0 Å². The summed E-state index contributed by atoms with van der Waals surface area (Å²) in [6, 6.07) is 24.0. The van der Waals surface area contributed by atoms with Gasteiger partial charge in [-0.05, 0) is 0 Å². The first-order chi connectivity index (χ1) is 9.91. The minimum atomic E-state index is 0. The molecule has 0 amide bonds. The average molecular weight is 325 g/mol. The Kier molecular flexibility index (Phi) is 49.0. The van der Waals surface area contributed by atoms with E-state index in [1.54, 1.807) is 0 Å². The Hall–Kier alpha value is -0.976. The maximum absolute atomic E-state index is 2.18. The maximum atomic E-state index is 2.18. The maximum Gasteiger partial charge on any atom is 0 e. The Morgan fingerprint density at radius 1 is 0.381 bits per heavy atom. The van der Waals surface area contributed by atoms with Crippen molar-refractivity contribution in [2.45, 2.75) is 54.4 Å². The van der Waals surface area contributed by atoms with E-state index in [9.17, 15) is 0 Å². The van der Waals surface area contributed by atoms with Crippen molar-refractivity contribution >= 4 is 0 Å². The molecule has 2 aromatic rings. The summed E-state index contributed by atoms with van der Waals surface area (Å²) in [7, 11) is 0. The summed E-state index contributed by atoms with van der Waals surface area (Å²) in [5.74, 6) is 0. The molecule has 0 aliphatic rings. The third kappa shape index (κ3) is 38.1. The fraction of sp³-hybridized carbons (Fsp3) is 0.400. The van der Waals surface area contributed by atoms with Gasteiger partial charge < -0.3 is 0 Å². The van der Waals surface area contributed by atoms with E-state index in [-0.39, 0.29) is 18.6 Å². The van der Waals surface area contributed by atoms with Gasteiger partial charge in [0.25, 0.3) is 0 Å². The minimum absolute atomic E-state index is 0. The third-order valence-corrected chi connectivity index (χ3v) is 1.83. The van der Waals surface area contributed by atoms with Crippen LogP contribution in [0.5, 0.6) is 0 Å². The fourth-order valence-electron chi connectivity index (χ4n) is 0.770. The zero-order valence-corrected chi connectivity index (χ0v) is 16.2. The van der Waals surface area contributed by atoms with Gasteiger partial charge in [0.05, 0.1) is 0 Å². The molecule has 2 rings (SSSR count). The zero-order chi connectivity index (χ0) is 15.9. The van der Waals surface area contributed by atoms with Crippen LogP contribution < -0.4 is 0 Å². The van der Waals surface area contributed by atoms with Crippen LogP contribution in [0.1, 0.15) is 54.4 Å². The number of unbranched alkanes of at least 4 members (excludes halogenated alkanes) is 1. The van der Waals surface area contributed by atoms with E-state index in [0.717, 1.165) is 0 Å². The summed E-state index contributed by atoms with van der Waals surface area (Å²) in [6.07, 6.45) is 2.64. The van der Waals surface area contributed by atoms with E-state index in [4.69, 9.17) is 0 Å². The molecule has 0 aliphatic carbocycles. The molecule has 0 atom stereocenters. The van der Waals surface area contributed by atoms with E-state index < -0.39 is 0 Å². The molecule has 0 saturated carbocycles. The summed E-state index contributed by atoms with van der Waals surface area (Å²) >= 11 is 0. The van der Waals surface area contributed by atoms with Crippen LogP contribution in [0, 0.1) is 0 Å². The molecule has 0 bridgehead atoms. The molecule has 0 spiro atoms. The second-order valence-corrected chi connectivity index (χ2v) is 3.31. The van der Waals surface area contributed by atoms with E-state index in [0.29, 0.717) is 0 Å². The Morgan fingerprint density at radius 2 is 0.476 bits per heavy atom. The van der Waals surface area contributed by atoms with Gasteiger partial charge in [0.1, 0.15) is 0 Å². The predicted molar refractivity (Wildman–Crippen MR) is 96.2 cm³/mol. The second kappa shape index (κ2) is 36.4. The van der Waals surface area contributed by atoms with Crippen LogP contribution >= 0.6 is 0 Å². The second-order valence-electron chi connectivity index (χ2n) is 3.31. The Labute approximate surface area is 145 Å². The van der Waals surface area contributed by atoms with E-state index in [1.165, 1.54) is 12.8 Å². The van der Waals surface area contributed by atoms with Gasteiger partial charge >= 0.3 is 0 Å². The topological polar surface area (TPSA) is 0 Å². The van der Waals surface area contributed by atoms with Crippen molar-refractivity contribution in [3.05, 3.63) is 72.8 Å². The van der Waals surface area contributed by atoms with Crippen molar-refractivity contribution in [1.82, 2.24) is 0 Å². The molecular formula is C20H34V. The molecule has 0 aromatic heterocycles. The van der Waals surface area contributed by atoms with Gasteiger partial charge in [0.2, 0.25) is 0 Å². The van der Waals surface area contributed by atoms with Crippen molar-refractivity contribution in [2.75, 3.05) is 0 Å². The fourth-order valence-corrected chi connectivity index (χ4v) is 0.770. The summed E-state index contributed by atoms with van der Waals surface area (Å²) in [4.78, 5) is 0. The Morgan fingerprint density at radius 3 is 0.524 bits per heavy atom. The van der Waals surface area contributed by atoms with Crippen molar-refractivity contribution in [3.8, 4) is 0 Å². The zero-order valence-electron chi connectivity index (χ0n) is 14.8. The molecule has 0 nitrogen and oxygen atoms in total. The molecule has 0 heterocycles. The molecule has 119 valence electrons. The largest absolute Gasteiger partial charge is 0.0683 e. The first kappa shape index (κ1) is 28.2. The van der Waals surface area contributed by atoms with Crippen molar-refractivity contribution in [1.29, 1.82) is 0 Å². The summed E-state index contributed by atoms with van der Waals surface area (Å²) in [6.45, 7) is 12.4. The summed E-state index contributed by atoms with van der Waals surface area (Å²) in [5, 5.41) is 0. The van der Waals surface area contributed by atoms with Gasteiger partial charge in [0, 0.05) is 18.6 Å². The molecule has 1 heteroatoms. The van der Waals surface area contributed by atoms with Crippen LogP contribution in [0.4, 0.5) is 0 Å². The van der Waals surface area contributed by atoms with Crippen LogP contribution in [0.3, 0.4) is 0 Å². The smallest absolute Gasteiger partial charge is 0 e. The van der Waals surface area contributed by atoms with E-state index in [1.807, 2.05) is 100 Å². The van der Waals surface area contributed by atoms with Crippen LogP contribution in [-0.4, -0.2) is 0 Å². The summed E-state index contributed by atoms with van der Waals surface area (Å²) < 4.78 is 0. The first-order valence-electron chi connectivity index (χ1n) is 7.91. The van der Waals surface area contributed by atoms with Crippen molar-refractivity contribution < 1.29 is 18.6 Å². The molecule has 0 N–H and O–H groups in total. The van der Waals surface area contributed by atoms with Gasteiger partial charge in [-0.3, -0.25) is 0 Å². The van der Waals surface area contributed by atoms with Gasteiger partial charge in [-0.25, -0.2) is 0 Å². The third-order valence-electron chi connectivity index (χ3n) is 1.83. The standard InChI is InChI=1S/2C6H6.C4H10.2C2H6.V/c2*1-2-4-6-5-3-1;1-3-4-2;2*1-2;/h2*1-6H;3-4H2,1-2H3;2*1-2H3;. The quantitative estimate of drug-likeness (QED) is 0.519. The molecule has 0 unspecified atom stereocenters. The number of hydrogen-bond donors (Lipinski definition) is 0. The predicted octanol–water partition coefficient (Wildman–Crippen LogP) is 7.23. The molecule has 0 saturated heterocycles. The molecule has 21 heavy (non-hydrogen) atoms. The number of rotatable bonds is 1. The van der Waals surface area contributed by atoms with Crippen LogP contribution in [-0.2, 0) is 18.6 Å². The van der Waals surface area contributed by atoms with Gasteiger partial charge in [-0.2, -0.15) is 0 Å². The molecule has 2 aromatic carbocycles. The van der Waals surface area contributed by atoms with E-state index >= 15 is 0 Å². The van der Waals surface area contributed by atoms with Gasteiger partial charge in [-0.15, -0.1) is 0 Å². The molecule has 1 radical (unpaired) electrons. The molecule has 0 aliphatic heterocycles. The SMILES string of the molecule is CC.CC.CCCC.[V].c1ccccc1.c1ccccc1. The van der Waals surface area contributed by atoms with Crippen molar-refractivity contribution in [2.24, 2.45) is 0 Å². The van der Waals surface area contributed by atoms with Gasteiger partial charge in [-0.1, -0.05) is 127 Å². The number of hydrogen-bond acceptors (Lipinski definition) is 0. The Balaban J connectivity index is -0.0000000919. The number of benzene rings is 2. The van der Waals surface area contributed by atoms with E-state index in [2.05, 4.69) is 13.8 Å². The van der Waals surface area contributed by atoms with Crippen molar-refractivity contribution in [3.63, 3.8) is 0 Å². The minimum Gasteiger partial charge on any atom is -0.0683 e. The Bertz CT molecular complexity index is 205. The van der Waals surface area contributed by atoms with Crippen LogP contribution in [0.15, 0.2) is 72.8 Å². The summed E-state index contributed by atoms with van der Waals surface area (Å²) in [5.41, 5.74) is 0. The molecule has 0 fully saturated rings. The molecular weight excluding hydrogens is 291 g/mol. The van der Waals surface area contributed by atoms with Crippen LogP contribution in [0.2, 0.25) is 0 Å².